The van der Waals surface area contributed by atoms with Crippen molar-refractivity contribution in [3.8, 4) is 11.8 Å². The second kappa shape index (κ2) is 11.1. The lowest BCUT2D eigenvalue weighted by Gasteiger charge is -2.20. The van der Waals surface area contributed by atoms with Crippen molar-refractivity contribution in [2.75, 3.05) is 20.6 Å². The van der Waals surface area contributed by atoms with E-state index in [0.717, 1.165) is 12.8 Å². The van der Waals surface area contributed by atoms with E-state index in [1.165, 1.54) is 32.2 Å². The van der Waals surface area contributed by atoms with Gasteiger partial charge in [-0.2, -0.15) is 0 Å². The van der Waals surface area contributed by atoms with Gasteiger partial charge in [-0.3, -0.25) is 0 Å². The van der Waals surface area contributed by atoms with E-state index >= 15 is 0 Å². The molecule has 0 unspecified atom stereocenters. The minimum atomic E-state index is -0.484. The van der Waals surface area contributed by atoms with Crippen molar-refractivity contribution < 1.29 is 10.2 Å². The van der Waals surface area contributed by atoms with Gasteiger partial charge < -0.3 is 15.1 Å². The molecule has 2 aliphatic rings. The summed E-state index contributed by atoms with van der Waals surface area (Å²) in [5.41, 5.74) is 1.59. The molecule has 0 spiro atoms. The normalized spacial score (nSPS) is 29.5. The van der Waals surface area contributed by atoms with Crippen LogP contribution in [0, 0.1) is 35.5 Å². The topological polar surface area (TPSA) is 43.7 Å². The van der Waals surface area contributed by atoms with Gasteiger partial charge >= 0.3 is 0 Å². The lowest BCUT2D eigenvalue weighted by atomic mass is 9.88. The lowest BCUT2D eigenvalue weighted by molar-refractivity contribution is 0.137. The standard InChI is InChI=1S/C24H39NO2/c1-5-6-10-18(2)23(26)13-12-21-22-16-19(15-20(22)17-24(21)27)11-8-7-9-14-25(3)4/h12-13,15,18,20-24,26-27H,7-11,14,16-17H2,1-4H3/t18-,20+,21-,22+,23-,24-/m1/s1. The second-order valence-electron chi connectivity index (χ2n) is 8.83. The predicted molar refractivity (Wildman–Crippen MR) is 113 cm³/mol. The van der Waals surface area contributed by atoms with Crippen LogP contribution >= 0.6 is 0 Å². The van der Waals surface area contributed by atoms with Crippen LogP contribution in [0.5, 0.6) is 0 Å². The summed E-state index contributed by atoms with van der Waals surface area (Å²) in [5, 5.41) is 20.8. The highest BCUT2D eigenvalue weighted by Crippen LogP contribution is 2.48. The first-order valence-electron chi connectivity index (χ1n) is 10.7. The number of aliphatic hydroxyl groups is 2. The van der Waals surface area contributed by atoms with Crippen molar-refractivity contribution in [3.05, 3.63) is 23.8 Å². The molecule has 0 radical (unpaired) electrons. The van der Waals surface area contributed by atoms with E-state index in [2.05, 4.69) is 43.0 Å². The number of rotatable bonds is 10. The molecule has 0 aromatic rings. The monoisotopic (exact) mass is 373 g/mol. The molecule has 1 saturated carbocycles. The summed E-state index contributed by atoms with van der Waals surface area (Å²) in [7, 11) is 4.27. The highest BCUT2D eigenvalue weighted by molar-refractivity contribution is 5.21. The van der Waals surface area contributed by atoms with Crippen LogP contribution in [0.4, 0.5) is 0 Å². The number of allylic oxidation sites excluding steroid dienone is 2. The van der Waals surface area contributed by atoms with E-state index in [9.17, 15) is 10.2 Å². The van der Waals surface area contributed by atoms with Crippen molar-refractivity contribution >= 4 is 0 Å². The number of nitrogens with zero attached hydrogens (tertiary/aromatic N) is 1. The maximum atomic E-state index is 10.5. The summed E-state index contributed by atoms with van der Waals surface area (Å²) in [4.78, 5) is 2.25. The molecule has 2 rings (SSSR count). The number of fused-ring (bicyclic) bond motifs is 1. The Morgan fingerprint density at radius 3 is 2.78 bits per heavy atom. The van der Waals surface area contributed by atoms with E-state index in [-0.39, 0.29) is 17.9 Å². The summed E-state index contributed by atoms with van der Waals surface area (Å²) in [6, 6.07) is 0. The number of hydrogen-bond acceptors (Lipinski definition) is 3. The average Bonchev–Trinajstić information content (AvgIpc) is 3.13. The largest absolute Gasteiger partial charge is 0.392 e. The average molecular weight is 374 g/mol. The zero-order valence-electron chi connectivity index (χ0n) is 17.7. The highest BCUT2D eigenvalue weighted by Gasteiger charge is 2.43. The summed E-state index contributed by atoms with van der Waals surface area (Å²) >= 11 is 0. The van der Waals surface area contributed by atoms with Gasteiger partial charge in [-0.15, -0.1) is 11.8 Å². The minimum Gasteiger partial charge on any atom is -0.392 e. The quantitative estimate of drug-likeness (QED) is 0.345. The molecule has 0 amide bonds. The summed E-state index contributed by atoms with van der Waals surface area (Å²) in [6.07, 6.45) is 13.4. The van der Waals surface area contributed by atoms with Crippen molar-refractivity contribution in [2.24, 2.45) is 23.7 Å². The lowest BCUT2D eigenvalue weighted by Crippen LogP contribution is -2.19. The molecule has 3 heteroatoms. The molecule has 0 saturated heterocycles. The molecule has 0 aromatic heterocycles. The van der Waals surface area contributed by atoms with Gasteiger partial charge in [0.15, 0.2) is 0 Å². The van der Waals surface area contributed by atoms with Crippen molar-refractivity contribution in [2.45, 2.75) is 71.0 Å². The highest BCUT2D eigenvalue weighted by atomic mass is 16.3. The second-order valence-corrected chi connectivity index (χ2v) is 8.83. The Morgan fingerprint density at radius 2 is 2.07 bits per heavy atom. The summed E-state index contributed by atoms with van der Waals surface area (Å²) in [5.74, 6) is 7.27. The Labute approximate surface area is 166 Å². The van der Waals surface area contributed by atoms with Crippen LogP contribution in [0.15, 0.2) is 23.8 Å². The van der Waals surface area contributed by atoms with Gasteiger partial charge in [0.1, 0.15) is 0 Å². The SMILES string of the molecule is CC#CC[C@@H](C)[C@H](O)C=C[C@@H]1[C@H]2CC(CCCCCN(C)C)=C[C@H]2C[C@H]1O. The third kappa shape index (κ3) is 6.79. The van der Waals surface area contributed by atoms with Gasteiger partial charge in [0.2, 0.25) is 0 Å². The molecule has 1 fully saturated rings. The van der Waals surface area contributed by atoms with Crippen molar-refractivity contribution in [3.63, 3.8) is 0 Å². The van der Waals surface area contributed by atoms with Crippen LogP contribution in [0.1, 0.15) is 58.8 Å². The maximum Gasteiger partial charge on any atom is 0.0755 e. The fourth-order valence-corrected chi connectivity index (χ4v) is 4.56. The van der Waals surface area contributed by atoms with Gasteiger partial charge in [-0.25, -0.2) is 0 Å². The molecular formula is C24H39NO2. The zero-order chi connectivity index (χ0) is 19.8. The van der Waals surface area contributed by atoms with E-state index in [0.29, 0.717) is 18.3 Å². The number of hydrogen-bond donors (Lipinski definition) is 2. The Morgan fingerprint density at radius 1 is 1.30 bits per heavy atom. The minimum absolute atomic E-state index is 0.127. The fraction of sp³-hybridized carbons (Fsp3) is 0.750. The van der Waals surface area contributed by atoms with Crippen LogP contribution in [0.25, 0.3) is 0 Å². The van der Waals surface area contributed by atoms with Gasteiger partial charge in [-0.05, 0) is 77.4 Å². The molecule has 0 bridgehead atoms. The van der Waals surface area contributed by atoms with E-state index in [4.69, 9.17) is 0 Å². The molecule has 6 atom stereocenters. The maximum absolute atomic E-state index is 10.5. The summed E-state index contributed by atoms with van der Waals surface area (Å²) in [6.45, 7) is 5.03. The van der Waals surface area contributed by atoms with Gasteiger partial charge in [0.05, 0.1) is 12.2 Å². The van der Waals surface area contributed by atoms with Crippen molar-refractivity contribution in [1.82, 2.24) is 4.90 Å². The Balaban J connectivity index is 1.80. The third-order valence-corrected chi connectivity index (χ3v) is 6.27. The third-order valence-electron chi connectivity index (χ3n) is 6.27. The van der Waals surface area contributed by atoms with Crippen LogP contribution in [-0.2, 0) is 0 Å². The molecular weight excluding hydrogens is 334 g/mol. The number of unbranched alkanes of at least 4 members (excludes halogenated alkanes) is 2. The molecule has 2 aliphatic carbocycles. The Hall–Kier alpha value is -1.08. The van der Waals surface area contributed by atoms with Crippen molar-refractivity contribution in [1.29, 1.82) is 0 Å². The van der Waals surface area contributed by atoms with Gasteiger partial charge in [0, 0.05) is 12.3 Å². The fourth-order valence-electron chi connectivity index (χ4n) is 4.56. The predicted octanol–water partition coefficient (Wildman–Crippen LogP) is 4.02. The van der Waals surface area contributed by atoms with Gasteiger partial charge in [0.25, 0.3) is 0 Å². The molecule has 27 heavy (non-hydrogen) atoms. The summed E-state index contributed by atoms with van der Waals surface area (Å²) < 4.78 is 0. The van der Waals surface area contributed by atoms with Crippen LogP contribution in [0.2, 0.25) is 0 Å². The van der Waals surface area contributed by atoms with Crippen LogP contribution in [0.3, 0.4) is 0 Å². The molecule has 0 aromatic carbocycles. The number of aliphatic hydroxyl groups excluding tert-OH is 2. The van der Waals surface area contributed by atoms with E-state index < -0.39 is 6.10 Å². The van der Waals surface area contributed by atoms with Gasteiger partial charge in [-0.1, -0.05) is 37.1 Å². The van der Waals surface area contributed by atoms with E-state index in [1.54, 1.807) is 5.57 Å². The molecule has 0 heterocycles. The molecule has 0 aliphatic heterocycles. The van der Waals surface area contributed by atoms with E-state index in [1.807, 2.05) is 19.9 Å². The smallest absolute Gasteiger partial charge is 0.0755 e. The first kappa shape index (κ1) is 22.2. The Kier molecular flexibility index (Phi) is 9.09. The zero-order valence-corrected chi connectivity index (χ0v) is 17.7. The Bertz CT molecular complexity index is 569. The first-order valence-corrected chi connectivity index (χ1v) is 10.7. The molecule has 2 N–H and O–H groups in total. The van der Waals surface area contributed by atoms with Crippen LogP contribution < -0.4 is 0 Å². The molecule has 152 valence electrons. The van der Waals surface area contributed by atoms with Crippen LogP contribution in [-0.4, -0.2) is 48.0 Å². The molecule has 3 nitrogen and oxygen atoms in total. The first-order chi connectivity index (χ1) is 12.9.